The van der Waals surface area contributed by atoms with Crippen LogP contribution in [-0.2, 0) is 10.0 Å². The minimum atomic E-state index is -3.95. The first-order valence-corrected chi connectivity index (χ1v) is 7.21. The number of nitrogens with one attached hydrogen (secondary N) is 1. The Morgan fingerprint density at radius 1 is 1.38 bits per heavy atom. The molecule has 1 aromatic carbocycles. The summed E-state index contributed by atoms with van der Waals surface area (Å²) in [6.07, 6.45) is 1.10. The van der Waals surface area contributed by atoms with Gasteiger partial charge in [-0.3, -0.25) is 4.31 Å². The fourth-order valence-electron chi connectivity index (χ4n) is 1.78. The number of nitrogens with zero attached hydrogens (tertiary/aromatic N) is 2. The molecule has 0 radical (unpaired) electrons. The van der Waals surface area contributed by atoms with Gasteiger partial charge in [0, 0.05) is 13.2 Å². The maximum absolute atomic E-state index is 12.4. The Balaban J connectivity index is 2.48. The standard InChI is InChI=1S/C13H11N3O4S/c1-16(12-5-3-2-4-9(12)7-14)21(19,20)10-6-11(13(17)18)15-8-10/h2-6,8,15H,1H3,(H,17,18). The molecule has 0 fully saturated rings. The van der Waals surface area contributed by atoms with Crippen molar-refractivity contribution in [1.29, 1.82) is 5.26 Å². The third kappa shape index (κ3) is 2.59. The minimum absolute atomic E-state index is 0.185. The lowest BCUT2D eigenvalue weighted by molar-refractivity contribution is 0.0691. The molecule has 0 atom stereocenters. The van der Waals surface area contributed by atoms with Crippen LogP contribution in [0, 0.1) is 11.3 Å². The molecule has 0 aliphatic rings. The predicted molar refractivity (Wildman–Crippen MR) is 74.5 cm³/mol. The van der Waals surface area contributed by atoms with E-state index in [1.807, 2.05) is 6.07 Å². The van der Waals surface area contributed by atoms with Crippen molar-refractivity contribution in [3.8, 4) is 6.07 Å². The molecule has 1 aromatic heterocycles. The van der Waals surface area contributed by atoms with E-state index < -0.39 is 16.0 Å². The summed E-state index contributed by atoms with van der Waals surface area (Å²) in [7, 11) is -2.65. The summed E-state index contributed by atoms with van der Waals surface area (Å²) in [6, 6.07) is 9.19. The fraction of sp³-hybridized carbons (Fsp3) is 0.0769. The van der Waals surface area contributed by atoms with Crippen molar-refractivity contribution in [1.82, 2.24) is 4.98 Å². The van der Waals surface area contributed by atoms with Crippen LogP contribution in [0.15, 0.2) is 41.4 Å². The molecule has 2 rings (SSSR count). The minimum Gasteiger partial charge on any atom is -0.477 e. The number of aromatic amines is 1. The molecule has 1 heterocycles. The van der Waals surface area contributed by atoms with Crippen molar-refractivity contribution in [2.45, 2.75) is 4.90 Å². The van der Waals surface area contributed by atoms with Gasteiger partial charge in [0.25, 0.3) is 10.0 Å². The van der Waals surface area contributed by atoms with Gasteiger partial charge in [-0.15, -0.1) is 0 Å². The SMILES string of the molecule is CN(c1ccccc1C#N)S(=O)(=O)c1c[nH]c(C(=O)O)c1. The molecule has 2 N–H and O–H groups in total. The van der Waals surface area contributed by atoms with Gasteiger partial charge < -0.3 is 10.1 Å². The maximum atomic E-state index is 12.4. The Kier molecular flexibility index (Phi) is 3.69. The largest absolute Gasteiger partial charge is 0.477 e. The lowest BCUT2D eigenvalue weighted by Gasteiger charge is -2.19. The van der Waals surface area contributed by atoms with Crippen LogP contribution in [-0.4, -0.2) is 31.5 Å². The number of hydrogen-bond acceptors (Lipinski definition) is 4. The normalized spacial score (nSPS) is 10.9. The molecular weight excluding hydrogens is 294 g/mol. The number of para-hydroxylation sites is 1. The zero-order valence-electron chi connectivity index (χ0n) is 10.9. The van der Waals surface area contributed by atoms with E-state index in [1.54, 1.807) is 12.1 Å². The molecule has 0 aliphatic heterocycles. The number of hydrogen-bond donors (Lipinski definition) is 2. The van der Waals surface area contributed by atoms with E-state index >= 15 is 0 Å². The number of H-pyrrole nitrogens is 1. The van der Waals surface area contributed by atoms with Gasteiger partial charge in [0.15, 0.2) is 0 Å². The molecular formula is C13H11N3O4S. The molecule has 2 aromatic rings. The number of aromatic nitrogens is 1. The van der Waals surface area contributed by atoms with Crippen molar-refractivity contribution < 1.29 is 18.3 Å². The van der Waals surface area contributed by atoms with Crippen LogP contribution in [0.2, 0.25) is 0 Å². The average molecular weight is 305 g/mol. The maximum Gasteiger partial charge on any atom is 0.352 e. The number of carboxylic acids is 1. The number of aromatic carboxylic acids is 1. The van der Waals surface area contributed by atoms with Gasteiger partial charge in [-0.05, 0) is 18.2 Å². The van der Waals surface area contributed by atoms with E-state index in [4.69, 9.17) is 10.4 Å². The topological polar surface area (TPSA) is 114 Å². The second kappa shape index (κ2) is 5.30. The second-order valence-electron chi connectivity index (χ2n) is 4.16. The number of anilines is 1. The highest BCUT2D eigenvalue weighted by Gasteiger charge is 2.25. The van der Waals surface area contributed by atoms with Crippen LogP contribution in [0.3, 0.4) is 0 Å². The quantitative estimate of drug-likeness (QED) is 0.886. The van der Waals surface area contributed by atoms with Gasteiger partial charge >= 0.3 is 5.97 Å². The van der Waals surface area contributed by atoms with E-state index in [1.165, 1.54) is 19.2 Å². The number of carboxylic acid groups (broad SMARTS) is 1. The fourth-order valence-corrected chi connectivity index (χ4v) is 2.99. The van der Waals surface area contributed by atoms with Crippen molar-refractivity contribution in [3.05, 3.63) is 47.8 Å². The predicted octanol–water partition coefficient (Wildman–Crippen LogP) is 1.41. The van der Waals surface area contributed by atoms with Crippen LogP contribution < -0.4 is 4.31 Å². The lowest BCUT2D eigenvalue weighted by Crippen LogP contribution is -2.26. The molecule has 7 nitrogen and oxygen atoms in total. The van der Waals surface area contributed by atoms with Crippen molar-refractivity contribution in [2.75, 3.05) is 11.4 Å². The second-order valence-corrected chi connectivity index (χ2v) is 6.12. The first-order chi connectivity index (χ1) is 9.87. The number of carbonyl (C=O) groups is 1. The molecule has 0 saturated heterocycles. The summed E-state index contributed by atoms with van der Waals surface area (Å²) in [4.78, 5) is 13.0. The molecule has 0 bridgehead atoms. The Bertz CT molecular complexity index is 833. The number of benzene rings is 1. The van der Waals surface area contributed by atoms with E-state index in [-0.39, 0.29) is 21.8 Å². The number of nitriles is 1. The van der Waals surface area contributed by atoms with E-state index in [9.17, 15) is 13.2 Å². The summed E-state index contributed by atoms with van der Waals surface area (Å²) in [6.45, 7) is 0. The molecule has 108 valence electrons. The molecule has 0 unspecified atom stereocenters. The molecule has 0 amide bonds. The molecule has 0 saturated carbocycles. The monoisotopic (exact) mass is 305 g/mol. The van der Waals surface area contributed by atoms with Crippen LogP contribution in [0.5, 0.6) is 0 Å². The van der Waals surface area contributed by atoms with Gasteiger partial charge in [0.05, 0.1) is 11.3 Å². The zero-order valence-corrected chi connectivity index (χ0v) is 11.8. The zero-order chi connectivity index (χ0) is 15.6. The van der Waals surface area contributed by atoms with E-state index in [0.29, 0.717) is 0 Å². The third-order valence-corrected chi connectivity index (χ3v) is 4.66. The molecule has 8 heteroatoms. The lowest BCUT2D eigenvalue weighted by atomic mass is 10.2. The third-order valence-electron chi connectivity index (χ3n) is 2.91. The number of sulfonamides is 1. The van der Waals surface area contributed by atoms with Gasteiger partial charge in [-0.2, -0.15) is 5.26 Å². The van der Waals surface area contributed by atoms with Gasteiger partial charge in [-0.25, -0.2) is 13.2 Å². The smallest absolute Gasteiger partial charge is 0.352 e. The van der Waals surface area contributed by atoms with Crippen LogP contribution in [0.4, 0.5) is 5.69 Å². The molecule has 0 aliphatic carbocycles. The van der Waals surface area contributed by atoms with Crippen LogP contribution in [0.1, 0.15) is 16.1 Å². The van der Waals surface area contributed by atoms with Crippen molar-refractivity contribution in [3.63, 3.8) is 0 Å². The molecule has 0 spiro atoms. The first-order valence-electron chi connectivity index (χ1n) is 5.77. The number of rotatable bonds is 4. The van der Waals surface area contributed by atoms with E-state index in [0.717, 1.165) is 16.6 Å². The summed E-state index contributed by atoms with van der Waals surface area (Å²) < 4.78 is 25.8. The average Bonchev–Trinajstić information content (AvgIpc) is 2.97. The highest BCUT2D eigenvalue weighted by molar-refractivity contribution is 7.92. The summed E-state index contributed by atoms with van der Waals surface area (Å²) in [5, 5.41) is 17.8. The van der Waals surface area contributed by atoms with Gasteiger partial charge in [0.2, 0.25) is 0 Å². The molecule has 21 heavy (non-hydrogen) atoms. The van der Waals surface area contributed by atoms with Crippen molar-refractivity contribution in [2.24, 2.45) is 0 Å². The summed E-state index contributed by atoms with van der Waals surface area (Å²) in [5.41, 5.74) is 0.200. The Labute approximate surface area is 121 Å². The highest BCUT2D eigenvalue weighted by Crippen LogP contribution is 2.25. The highest BCUT2D eigenvalue weighted by atomic mass is 32.2. The van der Waals surface area contributed by atoms with Crippen LogP contribution in [0.25, 0.3) is 0 Å². The van der Waals surface area contributed by atoms with Crippen molar-refractivity contribution >= 4 is 21.7 Å². The Morgan fingerprint density at radius 2 is 2.05 bits per heavy atom. The van der Waals surface area contributed by atoms with Gasteiger partial charge in [-0.1, -0.05) is 12.1 Å². The Hall–Kier alpha value is -2.79. The Morgan fingerprint density at radius 3 is 2.62 bits per heavy atom. The van der Waals surface area contributed by atoms with E-state index in [2.05, 4.69) is 4.98 Å². The van der Waals surface area contributed by atoms with Gasteiger partial charge in [0.1, 0.15) is 16.7 Å². The summed E-state index contributed by atoms with van der Waals surface area (Å²) >= 11 is 0. The summed E-state index contributed by atoms with van der Waals surface area (Å²) in [5.74, 6) is -1.25. The first kappa shape index (κ1) is 14.6. The van der Waals surface area contributed by atoms with Crippen LogP contribution >= 0.6 is 0 Å².